The van der Waals surface area contributed by atoms with Crippen LogP contribution in [0.2, 0.25) is 0 Å². The Bertz CT molecular complexity index is 236. The molecule has 0 unspecified atom stereocenters. The summed E-state index contributed by atoms with van der Waals surface area (Å²) in [6.07, 6.45) is 1.48. The fraction of sp³-hybridized carbons (Fsp3) is 0. The van der Waals surface area contributed by atoms with Crippen molar-refractivity contribution < 1.29 is 42.8 Å². The van der Waals surface area contributed by atoms with Crippen molar-refractivity contribution in [1.82, 2.24) is 0 Å². The molecule has 1 aromatic rings. The molecule has 0 fully saturated rings. The Balaban J connectivity index is 0.00000121. The summed E-state index contributed by atoms with van der Waals surface area (Å²) in [4.78, 5) is 0. The van der Waals surface area contributed by atoms with E-state index in [1.165, 1.54) is 6.08 Å². The average Bonchev–Trinajstić information content (AvgIpc) is 2.03. The SMILES string of the molecule is OB(O)[C-]=Cc1[c-]cccc1.[Y]. The Labute approximate surface area is 97.3 Å². The molecule has 2 nitrogen and oxygen atoms in total. The molecule has 0 saturated heterocycles. The Morgan fingerprint density at radius 1 is 1.42 bits per heavy atom. The van der Waals surface area contributed by atoms with Gasteiger partial charge in [0.15, 0.2) is 0 Å². The summed E-state index contributed by atoms with van der Waals surface area (Å²) in [6, 6.07) is 10.1. The van der Waals surface area contributed by atoms with Gasteiger partial charge in [0.25, 0.3) is 0 Å². The molecule has 4 heteroatoms. The third-order valence-corrected chi connectivity index (χ3v) is 1.12. The van der Waals surface area contributed by atoms with Crippen LogP contribution >= 0.6 is 0 Å². The molecule has 1 aromatic carbocycles. The maximum absolute atomic E-state index is 8.41. The molecule has 12 heavy (non-hydrogen) atoms. The van der Waals surface area contributed by atoms with E-state index in [1.54, 1.807) is 12.1 Å². The molecular weight excluding hydrogens is 228 g/mol. The fourth-order valence-electron chi connectivity index (χ4n) is 0.661. The zero-order valence-electron chi connectivity index (χ0n) is 6.44. The number of hydrogen-bond acceptors (Lipinski definition) is 2. The van der Waals surface area contributed by atoms with Gasteiger partial charge in [-0.05, 0) is 0 Å². The van der Waals surface area contributed by atoms with Crippen LogP contribution in [-0.2, 0) is 32.7 Å². The minimum atomic E-state index is -1.51. The first-order chi connectivity index (χ1) is 5.29. The van der Waals surface area contributed by atoms with E-state index < -0.39 is 7.12 Å². The van der Waals surface area contributed by atoms with Crippen LogP contribution in [0, 0.1) is 12.0 Å². The molecule has 0 aliphatic rings. The normalized spacial score (nSPS) is 9.50. The minimum Gasteiger partial charge on any atom is -0.439 e. The van der Waals surface area contributed by atoms with Crippen LogP contribution in [0.15, 0.2) is 24.3 Å². The quantitative estimate of drug-likeness (QED) is 0.572. The molecule has 0 saturated carbocycles. The maximum Gasteiger partial charge on any atom is 0.353 e. The Morgan fingerprint density at radius 3 is 2.67 bits per heavy atom. The van der Waals surface area contributed by atoms with Crippen LogP contribution < -0.4 is 0 Å². The van der Waals surface area contributed by atoms with Gasteiger partial charge in [-0.15, -0.1) is 6.07 Å². The van der Waals surface area contributed by atoms with Gasteiger partial charge in [0, 0.05) is 32.7 Å². The molecule has 2 N–H and O–H groups in total. The zero-order chi connectivity index (χ0) is 8.10. The average molecular weight is 235 g/mol. The Morgan fingerprint density at radius 2 is 2.17 bits per heavy atom. The van der Waals surface area contributed by atoms with E-state index in [9.17, 15) is 0 Å². The predicted octanol–water partition coefficient (Wildman–Crippen LogP) is 0.313. The van der Waals surface area contributed by atoms with E-state index in [2.05, 4.69) is 12.0 Å². The second-order valence-corrected chi connectivity index (χ2v) is 2.00. The monoisotopic (exact) mass is 235 g/mol. The molecule has 1 radical (unpaired) electrons. The maximum atomic E-state index is 8.41. The van der Waals surface area contributed by atoms with Crippen LogP contribution in [0.25, 0.3) is 6.08 Å². The first kappa shape index (κ1) is 12.0. The molecule has 0 aromatic heterocycles. The van der Waals surface area contributed by atoms with Gasteiger partial charge in [-0.25, -0.2) is 12.1 Å². The summed E-state index contributed by atoms with van der Waals surface area (Å²) in [7, 11) is -1.51. The second kappa shape index (κ2) is 6.55. The van der Waals surface area contributed by atoms with Gasteiger partial charge in [-0.3, -0.25) is 5.98 Å². The van der Waals surface area contributed by atoms with Crippen molar-refractivity contribution in [2.45, 2.75) is 0 Å². The summed E-state index contributed by atoms with van der Waals surface area (Å²) >= 11 is 0. The first-order valence-electron chi connectivity index (χ1n) is 3.21. The van der Waals surface area contributed by atoms with Gasteiger partial charge in [-0.1, -0.05) is 0 Å². The smallest absolute Gasteiger partial charge is 0.353 e. The van der Waals surface area contributed by atoms with Crippen LogP contribution in [0.5, 0.6) is 0 Å². The molecule has 0 aliphatic heterocycles. The van der Waals surface area contributed by atoms with Crippen molar-refractivity contribution in [3.63, 3.8) is 0 Å². The van der Waals surface area contributed by atoms with Crippen LogP contribution in [-0.4, -0.2) is 17.2 Å². The number of benzene rings is 1. The fourth-order valence-corrected chi connectivity index (χ4v) is 0.661. The second-order valence-electron chi connectivity index (χ2n) is 2.00. The third kappa shape index (κ3) is 4.83. The molecule has 0 bridgehead atoms. The van der Waals surface area contributed by atoms with Gasteiger partial charge >= 0.3 is 7.12 Å². The summed E-state index contributed by atoms with van der Waals surface area (Å²) in [5.41, 5.74) is 0.778. The number of hydrogen-bond donors (Lipinski definition) is 2. The van der Waals surface area contributed by atoms with E-state index in [-0.39, 0.29) is 32.7 Å². The molecule has 0 heterocycles. The Hall–Kier alpha value is 0.0488. The topological polar surface area (TPSA) is 40.5 Å². The molecule has 59 valence electrons. The summed E-state index contributed by atoms with van der Waals surface area (Å²) in [5.74, 6) is 2.32. The molecule has 0 amide bonds. The van der Waals surface area contributed by atoms with Crippen molar-refractivity contribution in [2.75, 3.05) is 0 Å². The van der Waals surface area contributed by atoms with Crippen LogP contribution in [0.3, 0.4) is 0 Å². The van der Waals surface area contributed by atoms with Gasteiger partial charge < -0.3 is 21.7 Å². The van der Waals surface area contributed by atoms with E-state index >= 15 is 0 Å². The first-order valence-corrected chi connectivity index (χ1v) is 3.21. The molecule has 1 rings (SSSR count). The van der Waals surface area contributed by atoms with Gasteiger partial charge in [0.05, 0.1) is 0 Å². The largest absolute Gasteiger partial charge is 0.439 e. The minimum absolute atomic E-state index is 0. The zero-order valence-corrected chi connectivity index (χ0v) is 9.27. The standard InChI is InChI=1S/C8H7BO2.Y/c10-9(11)7-6-8-4-2-1-3-5-8;/h1-4,6,10-11H;/q-2;. The van der Waals surface area contributed by atoms with Gasteiger partial charge in [0.1, 0.15) is 0 Å². The van der Waals surface area contributed by atoms with Crippen LogP contribution in [0.4, 0.5) is 0 Å². The van der Waals surface area contributed by atoms with Crippen molar-refractivity contribution in [2.24, 2.45) is 0 Å². The number of rotatable bonds is 2. The Kier molecular flexibility index (Phi) is 6.58. The van der Waals surface area contributed by atoms with E-state index in [1.807, 2.05) is 12.1 Å². The van der Waals surface area contributed by atoms with E-state index in [0.717, 1.165) is 5.56 Å². The summed E-state index contributed by atoms with van der Waals surface area (Å²) < 4.78 is 0. The third-order valence-electron chi connectivity index (χ3n) is 1.12. The van der Waals surface area contributed by atoms with Gasteiger partial charge in [-0.2, -0.15) is 12.1 Å². The van der Waals surface area contributed by atoms with Crippen molar-refractivity contribution in [3.8, 4) is 0 Å². The van der Waals surface area contributed by atoms with Crippen molar-refractivity contribution in [3.05, 3.63) is 41.9 Å². The van der Waals surface area contributed by atoms with Gasteiger partial charge in [0.2, 0.25) is 0 Å². The van der Waals surface area contributed by atoms with Crippen LogP contribution in [0.1, 0.15) is 5.56 Å². The molecule has 0 spiro atoms. The summed E-state index contributed by atoms with van der Waals surface area (Å²) in [6.45, 7) is 0. The van der Waals surface area contributed by atoms with E-state index in [4.69, 9.17) is 10.0 Å². The molecule has 0 aliphatic carbocycles. The van der Waals surface area contributed by atoms with Crippen molar-refractivity contribution in [1.29, 1.82) is 0 Å². The summed E-state index contributed by atoms with van der Waals surface area (Å²) in [5, 5.41) is 16.8. The van der Waals surface area contributed by atoms with E-state index in [0.29, 0.717) is 0 Å². The predicted molar refractivity (Wildman–Crippen MR) is 43.2 cm³/mol. The molecule has 0 atom stereocenters. The molecular formula is C8H7BO2Y-2. The van der Waals surface area contributed by atoms with Crippen molar-refractivity contribution >= 4 is 13.2 Å².